The molecule has 27 heavy (non-hydrogen) atoms. The van der Waals surface area contributed by atoms with Crippen molar-refractivity contribution in [3.63, 3.8) is 0 Å². The van der Waals surface area contributed by atoms with Gasteiger partial charge in [0.15, 0.2) is 11.5 Å². The van der Waals surface area contributed by atoms with Crippen LogP contribution in [0, 0.1) is 3.57 Å². The van der Waals surface area contributed by atoms with Gasteiger partial charge in [0.2, 0.25) is 0 Å². The summed E-state index contributed by atoms with van der Waals surface area (Å²) in [6.45, 7) is 5.15. The molecule has 2 aliphatic rings. The van der Waals surface area contributed by atoms with Crippen molar-refractivity contribution in [1.29, 1.82) is 0 Å². The molecule has 2 aromatic rings. The summed E-state index contributed by atoms with van der Waals surface area (Å²) in [5.74, 6) is 1.36. The van der Waals surface area contributed by atoms with Crippen molar-refractivity contribution in [2.45, 2.75) is 26.1 Å². The minimum Gasteiger partial charge on any atom is -0.493 e. The van der Waals surface area contributed by atoms with Gasteiger partial charge in [-0.2, -0.15) is 0 Å². The number of carbonyl (C=O) groups excluding carboxylic acids is 1. The number of likely N-dealkylation sites (N-methyl/N-ethyl adjacent to an activating group) is 1. The molecule has 0 spiro atoms. The van der Waals surface area contributed by atoms with Gasteiger partial charge in [0.1, 0.15) is 11.2 Å². The zero-order valence-electron chi connectivity index (χ0n) is 15.5. The number of carbonyl (C=O) groups is 1. The van der Waals surface area contributed by atoms with E-state index in [0.717, 1.165) is 45.8 Å². The smallest absolute Gasteiger partial charge is 0.256 e. The van der Waals surface area contributed by atoms with Crippen LogP contribution in [0.15, 0.2) is 12.1 Å². The van der Waals surface area contributed by atoms with Gasteiger partial charge in [-0.15, -0.1) is 11.3 Å². The first-order chi connectivity index (χ1) is 13.0. The van der Waals surface area contributed by atoms with E-state index in [1.165, 1.54) is 10.4 Å². The predicted octanol–water partition coefficient (Wildman–Crippen LogP) is 3.60. The SMILES string of the molecule is CCN1CCc2c(sc3c2C(=O)N[C@@H](c2cc(I)c(OC)c(OC)c2)N3)C1. The fourth-order valence-corrected chi connectivity index (χ4v) is 5.87. The molecule has 1 atom stereocenters. The lowest BCUT2D eigenvalue weighted by molar-refractivity contribution is 0.0934. The molecule has 0 unspecified atom stereocenters. The quantitative estimate of drug-likeness (QED) is 0.630. The Balaban J connectivity index is 1.68. The molecule has 8 heteroatoms. The van der Waals surface area contributed by atoms with Crippen LogP contribution in [0.5, 0.6) is 11.5 Å². The van der Waals surface area contributed by atoms with Gasteiger partial charge in [-0.1, -0.05) is 6.92 Å². The second kappa shape index (κ2) is 7.48. The molecule has 4 rings (SSSR count). The summed E-state index contributed by atoms with van der Waals surface area (Å²) < 4.78 is 11.8. The second-order valence-corrected chi connectivity index (χ2v) is 8.88. The summed E-state index contributed by atoms with van der Waals surface area (Å²) >= 11 is 3.93. The molecule has 144 valence electrons. The van der Waals surface area contributed by atoms with E-state index in [4.69, 9.17) is 9.47 Å². The fraction of sp³-hybridized carbons (Fsp3) is 0.421. The lowest BCUT2D eigenvalue weighted by atomic mass is 10.0. The molecule has 3 heterocycles. The highest BCUT2D eigenvalue weighted by Crippen LogP contribution is 2.42. The van der Waals surface area contributed by atoms with Crippen LogP contribution in [0.3, 0.4) is 0 Å². The number of ether oxygens (including phenoxy) is 2. The average molecular weight is 499 g/mol. The largest absolute Gasteiger partial charge is 0.493 e. The molecule has 1 aromatic heterocycles. The van der Waals surface area contributed by atoms with Crippen LogP contribution in [0.2, 0.25) is 0 Å². The van der Waals surface area contributed by atoms with Gasteiger partial charge in [0.25, 0.3) is 5.91 Å². The van der Waals surface area contributed by atoms with Crippen LogP contribution >= 0.6 is 33.9 Å². The van der Waals surface area contributed by atoms with Crippen molar-refractivity contribution < 1.29 is 14.3 Å². The lowest BCUT2D eigenvalue weighted by Gasteiger charge is -2.28. The summed E-state index contributed by atoms with van der Waals surface area (Å²) in [6, 6.07) is 3.92. The Labute approximate surface area is 176 Å². The Morgan fingerprint density at radius 1 is 1.30 bits per heavy atom. The summed E-state index contributed by atoms with van der Waals surface area (Å²) in [6.07, 6.45) is 0.643. The van der Waals surface area contributed by atoms with Gasteiger partial charge in [-0.3, -0.25) is 9.69 Å². The maximum atomic E-state index is 12.9. The Bertz CT molecular complexity index is 899. The van der Waals surface area contributed by atoms with E-state index in [1.54, 1.807) is 25.6 Å². The van der Waals surface area contributed by atoms with E-state index in [-0.39, 0.29) is 12.1 Å². The van der Waals surface area contributed by atoms with E-state index in [0.29, 0.717) is 11.5 Å². The van der Waals surface area contributed by atoms with Crippen molar-refractivity contribution in [2.75, 3.05) is 32.6 Å². The van der Waals surface area contributed by atoms with Crippen LogP contribution in [0.4, 0.5) is 5.00 Å². The topological polar surface area (TPSA) is 62.8 Å². The van der Waals surface area contributed by atoms with E-state index >= 15 is 0 Å². The molecule has 0 radical (unpaired) electrons. The third-order valence-electron chi connectivity index (χ3n) is 5.15. The first-order valence-corrected chi connectivity index (χ1v) is 10.8. The van der Waals surface area contributed by atoms with Gasteiger partial charge < -0.3 is 20.1 Å². The average Bonchev–Trinajstić information content (AvgIpc) is 3.04. The van der Waals surface area contributed by atoms with Gasteiger partial charge in [-0.05, 0) is 58.8 Å². The number of thiophene rings is 1. The zero-order chi connectivity index (χ0) is 19.1. The Hall–Kier alpha value is -1.52. The van der Waals surface area contributed by atoms with E-state index in [9.17, 15) is 4.79 Å². The molecule has 2 N–H and O–H groups in total. The number of nitrogens with one attached hydrogen (secondary N) is 2. The fourth-order valence-electron chi connectivity index (χ4n) is 3.71. The second-order valence-electron chi connectivity index (χ2n) is 6.62. The van der Waals surface area contributed by atoms with Crippen LogP contribution in [0.25, 0.3) is 0 Å². The van der Waals surface area contributed by atoms with Crippen molar-refractivity contribution in [2.24, 2.45) is 0 Å². The molecule has 0 saturated carbocycles. The van der Waals surface area contributed by atoms with E-state index < -0.39 is 0 Å². The minimum atomic E-state index is -0.291. The zero-order valence-corrected chi connectivity index (χ0v) is 18.5. The highest BCUT2D eigenvalue weighted by atomic mass is 127. The molecule has 6 nitrogen and oxygen atoms in total. The monoisotopic (exact) mass is 499 g/mol. The number of nitrogens with zero attached hydrogens (tertiary/aromatic N) is 1. The number of hydrogen-bond acceptors (Lipinski definition) is 6. The molecule has 0 fully saturated rings. The van der Waals surface area contributed by atoms with Crippen LogP contribution < -0.4 is 20.1 Å². The number of amides is 1. The number of fused-ring (bicyclic) bond motifs is 3. The van der Waals surface area contributed by atoms with E-state index in [2.05, 4.69) is 45.0 Å². The van der Waals surface area contributed by atoms with Crippen LogP contribution in [-0.2, 0) is 13.0 Å². The summed E-state index contributed by atoms with van der Waals surface area (Å²) in [4.78, 5) is 16.6. The van der Waals surface area contributed by atoms with Gasteiger partial charge >= 0.3 is 0 Å². The molecule has 1 amide bonds. The van der Waals surface area contributed by atoms with Crippen molar-refractivity contribution in [1.82, 2.24) is 10.2 Å². The highest BCUT2D eigenvalue weighted by molar-refractivity contribution is 14.1. The van der Waals surface area contributed by atoms with E-state index in [1.807, 2.05) is 12.1 Å². The molecule has 0 bridgehead atoms. The Morgan fingerprint density at radius 3 is 2.81 bits per heavy atom. The highest BCUT2D eigenvalue weighted by Gasteiger charge is 2.33. The maximum Gasteiger partial charge on any atom is 0.256 e. The Morgan fingerprint density at radius 2 is 2.11 bits per heavy atom. The Kier molecular flexibility index (Phi) is 5.21. The first-order valence-electron chi connectivity index (χ1n) is 8.91. The minimum absolute atomic E-state index is 0.000918. The number of benzene rings is 1. The predicted molar refractivity (Wildman–Crippen MR) is 115 cm³/mol. The third-order valence-corrected chi connectivity index (χ3v) is 7.10. The van der Waals surface area contributed by atoms with Crippen molar-refractivity contribution in [3.05, 3.63) is 37.3 Å². The number of halogens is 1. The molecular weight excluding hydrogens is 477 g/mol. The molecule has 2 aliphatic heterocycles. The molecule has 0 aliphatic carbocycles. The number of methoxy groups -OCH3 is 2. The maximum absolute atomic E-state index is 12.9. The van der Waals surface area contributed by atoms with Crippen LogP contribution in [-0.4, -0.2) is 38.1 Å². The van der Waals surface area contributed by atoms with Gasteiger partial charge in [0, 0.05) is 18.0 Å². The van der Waals surface area contributed by atoms with Gasteiger partial charge in [-0.25, -0.2) is 0 Å². The third kappa shape index (κ3) is 3.27. The number of anilines is 1. The normalized spacial score (nSPS) is 19.0. The van der Waals surface area contributed by atoms with Crippen LogP contribution in [0.1, 0.15) is 39.5 Å². The summed E-state index contributed by atoms with van der Waals surface area (Å²) in [5, 5.41) is 7.60. The molecule has 1 aromatic carbocycles. The molecule has 0 saturated heterocycles. The summed E-state index contributed by atoms with van der Waals surface area (Å²) in [7, 11) is 3.25. The standard InChI is InChI=1S/C19H22IN3O3S/c1-4-23-6-5-11-14(9-23)27-19-15(11)18(24)21-17(22-19)10-7-12(20)16(26-3)13(8-10)25-2/h7-8,17,22H,4-6,9H2,1-3H3,(H,21,24)/t17-/m1/s1. The van der Waals surface area contributed by atoms with Crippen molar-refractivity contribution in [3.8, 4) is 11.5 Å². The lowest BCUT2D eigenvalue weighted by Crippen LogP contribution is -2.39. The number of hydrogen-bond donors (Lipinski definition) is 2. The first kappa shape index (κ1) is 18.8. The van der Waals surface area contributed by atoms with Crippen molar-refractivity contribution >= 4 is 44.8 Å². The summed E-state index contributed by atoms with van der Waals surface area (Å²) in [5.41, 5.74) is 2.99. The number of rotatable bonds is 4. The molecular formula is C19H22IN3O3S. The van der Waals surface area contributed by atoms with Gasteiger partial charge in [0.05, 0.1) is 23.4 Å².